The van der Waals surface area contributed by atoms with Crippen LogP contribution in [0.3, 0.4) is 0 Å². The van der Waals surface area contributed by atoms with Crippen LogP contribution in [0.1, 0.15) is 0 Å². The summed E-state index contributed by atoms with van der Waals surface area (Å²) in [5.41, 5.74) is 0. The number of ketones is 1. The van der Waals surface area contributed by atoms with Gasteiger partial charge in [-0.05, 0) is 0 Å². The van der Waals surface area contributed by atoms with Gasteiger partial charge in [0.2, 0.25) is 0 Å². The van der Waals surface area contributed by atoms with Crippen LogP contribution in [0.2, 0.25) is 0 Å². The second kappa shape index (κ2) is 5.78. The van der Waals surface area contributed by atoms with E-state index in [9.17, 15) is 9.59 Å². The first-order valence-corrected chi connectivity index (χ1v) is 4.89. The normalized spacial score (nSPS) is 15.0. The number of hydrogen-bond acceptors (Lipinski definition) is 3. The molecule has 0 saturated heterocycles. The van der Waals surface area contributed by atoms with E-state index in [1.54, 1.807) is 0 Å². The van der Waals surface area contributed by atoms with Crippen molar-refractivity contribution >= 4 is 50.9 Å². The summed E-state index contributed by atoms with van der Waals surface area (Å²) in [6, 6.07) is 0. The number of hydrogen-bond donors (Lipinski definition) is 0. The summed E-state index contributed by atoms with van der Waals surface area (Å²) < 4.78 is 4.27. The van der Waals surface area contributed by atoms with E-state index in [-0.39, 0.29) is 5.88 Å². The van der Waals surface area contributed by atoms with Crippen molar-refractivity contribution in [2.45, 2.75) is 10.2 Å². The molecule has 0 aliphatic carbocycles. The number of alkyl halides is 3. The van der Waals surface area contributed by atoms with E-state index in [4.69, 9.17) is 23.2 Å². The summed E-state index contributed by atoms with van der Waals surface area (Å²) in [5, 5.41) is -1.28. The van der Waals surface area contributed by atoms with Crippen molar-refractivity contribution in [1.29, 1.82) is 0 Å². The van der Waals surface area contributed by atoms with Crippen LogP contribution in [-0.4, -0.2) is 34.9 Å². The van der Waals surface area contributed by atoms with Crippen LogP contribution in [0, 0.1) is 0 Å². The molecule has 70 valence electrons. The Labute approximate surface area is 88.5 Å². The van der Waals surface area contributed by atoms with Crippen molar-refractivity contribution in [3.63, 3.8) is 0 Å². The predicted octanol–water partition coefficient (Wildman–Crippen LogP) is 1.34. The molecule has 0 aliphatic heterocycles. The Bertz CT molecular complexity index is 186. The van der Waals surface area contributed by atoms with Crippen molar-refractivity contribution < 1.29 is 14.3 Å². The van der Waals surface area contributed by atoms with Crippen molar-refractivity contribution in [3.8, 4) is 0 Å². The summed E-state index contributed by atoms with van der Waals surface area (Å²) in [4.78, 5) is 21.2. The predicted molar refractivity (Wildman–Crippen MR) is 50.1 cm³/mol. The molecule has 2 atom stereocenters. The molecule has 0 aromatic heterocycles. The monoisotopic (exact) mass is 276 g/mol. The maximum atomic E-state index is 11.1. The van der Waals surface area contributed by atoms with Gasteiger partial charge in [0.05, 0.1) is 11.9 Å². The summed E-state index contributed by atoms with van der Waals surface area (Å²) in [6.45, 7) is 0. The van der Waals surface area contributed by atoms with Gasteiger partial charge in [-0.2, -0.15) is 0 Å². The van der Waals surface area contributed by atoms with Gasteiger partial charge in [-0.15, -0.1) is 23.2 Å². The molecule has 0 aromatic rings. The zero-order valence-corrected chi connectivity index (χ0v) is 9.32. The van der Waals surface area contributed by atoms with Crippen LogP contribution in [0.15, 0.2) is 0 Å². The molecule has 0 spiro atoms. The van der Waals surface area contributed by atoms with Crippen molar-refractivity contribution in [3.05, 3.63) is 0 Å². The highest BCUT2D eigenvalue weighted by Gasteiger charge is 2.29. The molecule has 0 amide bonds. The molecule has 0 aromatic carbocycles. The van der Waals surface area contributed by atoms with E-state index in [0.717, 1.165) is 7.11 Å². The molecule has 0 aliphatic rings. The van der Waals surface area contributed by atoms with Gasteiger partial charge in [-0.1, -0.05) is 15.9 Å². The van der Waals surface area contributed by atoms with Gasteiger partial charge in [0, 0.05) is 5.88 Å². The second-order valence-corrected chi connectivity index (χ2v) is 3.76. The molecule has 2 unspecified atom stereocenters. The molecule has 0 heterocycles. The number of rotatable bonds is 4. The molecular formula is C6H7BrCl2O3. The Hall–Kier alpha value is 0.200. The van der Waals surface area contributed by atoms with Gasteiger partial charge in [0.1, 0.15) is 0 Å². The largest absolute Gasteiger partial charge is 0.468 e. The molecular weight excluding hydrogens is 271 g/mol. The minimum atomic E-state index is -1.28. The molecule has 12 heavy (non-hydrogen) atoms. The maximum absolute atomic E-state index is 11.1. The fraction of sp³-hybridized carbons (Fsp3) is 0.667. The fourth-order valence-corrected chi connectivity index (χ4v) is 1.26. The SMILES string of the molecule is COC(=O)C(Cl)C(=O)C(Br)CCl. The Balaban J connectivity index is 4.19. The number of halogens is 3. The Morgan fingerprint density at radius 3 is 2.42 bits per heavy atom. The van der Waals surface area contributed by atoms with Crippen molar-refractivity contribution in [1.82, 2.24) is 0 Å². The molecule has 0 fully saturated rings. The van der Waals surface area contributed by atoms with E-state index < -0.39 is 22.0 Å². The van der Waals surface area contributed by atoms with Gasteiger partial charge in [-0.25, -0.2) is 4.79 Å². The summed E-state index contributed by atoms with van der Waals surface area (Å²) >= 11 is 13.8. The molecule has 0 saturated carbocycles. The number of methoxy groups -OCH3 is 1. The molecule has 0 radical (unpaired) electrons. The van der Waals surface area contributed by atoms with E-state index in [0.29, 0.717) is 0 Å². The van der Waals surface area contributed by atoms with Gasteiger partial charge in [-0.3, -0.25) is 4.79 Å². The Morgan fingerprint density at radius 1 is 1.58 bits per heavy atom. The van der Waals surface area contributed by atoms with Crippen LogP contribution in [0.4, 0.5) is 0 Å². The third-order valence-corrected chi connectivity index (χ3v) is 2.95. The molecule has 0 rings (SSSR count). The smallest absolute Gasteiger partial charge is 0.331 e. The summed E-state index contributed by atoms with van der Waals surface area (Å²) in [5.74, 6) is -1.19. The quantitative estimate of drug-likeness (QED) is 0.443. The van der Waals surface area contributed by atoms with Gasteiger partial charge in [0.25, 0.3) is 0 Å². The minimum absolute atomic E-state index is 0.0685. The first kappa shape index (κ1) is 12.2. The zero-order valence-electron chi connectivity index (χ0n) is 6.22. The second-order valence-electron chi connectivity index (χ2n) is 1.91. The zero-order chi connectivity index (χ0) is 9.72. The summed E-state index contributed by atoms with van der Waals surface area (Å²) in [6.07, 6.45) is 0. The lowest BCUT2D eigenvalue weighted by molar-refractivity contribution is -0.142. The minimum Gasteiger partial charge on any atom is -0.468 e. The van der Waals surface area contributed by atoms with E-state index in [1.165, 1.54) is 0 Å². The molecule has 6 heteroatoms. The van der Waals surface area contributed by atoms with Crippen molar-refractivity contribution in [2.75, 3.05) is 13.0 Å². The Morgan fingerprint density at radius 2 is 2.08 bits per heavy atom. The van der Waals surface area contributed by atoms with E-state index >= 15 is 0 Å². The first-order chi connectivity index (χ1) is 5.54. The third-order valence-electron chi connectivity index (χ3n) is 1.10. The van der Waals surface area contributed by atoms with Crippen LogP contribution < -0.4 is 0 Å². The number of ether oxygens (including phenoxy) is 1. The fourth-order valence-electron chi connectivity index (χ4n) is 0.454. The Kier molecular flexibility index (Phi) is 5.88. The first-order valence-electron chi connectivity index (χ1n) is 3.00. The highest BCUT2D eigenvalue weighted by atomic mass is 79.9. The lowest BCUT2D eigenvalue weighted by atomic mass is 10.2. The number of esters is 1. The van der Waals surface area contributed by atoms with Gasteiger partial charge in [0.15, 0.2) is 11.2 Å². The number of carbonyl (C=O) groups is 2. The topological polar surface area (TPSA) is 43.4 Å². The highest BCUT2D eigenvalue weighted by molar-refractivity contribution is 9.10. The van der Waals surface area contributed by atoms with Crippen LogP contribution in [0.25, 0.3) is 0 Å². The van der Waals surface area contributed by atoms with Crippen LogP contribution in [0.5, 0.6) is 0 Å². The number of carbonyl (C=O) groups excluding carboxylic acids is 2. The lowest BCUT2D eigenvalue weighted by Gasteiger charge is -2.08. The average Bonchev–Trinajstić information content (AvgIpc) is 2.12. The third kappa shape index (κ3) is 3.29. The van der Waals surface area contributed by atoms with E-state index in [2.05, 4.69) is 20.7 Å². The number of Topliss-reactive ketones (excluding diaryl/α,β-unsaturated/α-hetero) is 1. The lowest BCUT2D eigenvalue weighted by Crippen LogP contribution is -2.32. The standard InChI is InChI=1S/C6H7BrCl2O3/c1-12-6(11)4(9)5(10)3(7)2-8/h3-4H,2H2,1H3. The molecule has 0 N–H and O–H groups in total. The molecule has 0 bridgehead atoms. The molecule has 3 nitrogen and oxygen atoms in total. The van der Waals surface area contributed by atoms with Gasteiger partial charge >= 0.3 is 5.97 Å². The van der Waals surface area contributed by atoms with Crippen LogP contribution in [-0.2, 0) is 14.3 Å². The average molecular weight is 278 g/mol. The maximum Gasteiger partial charge on any atom is 0.331 e. The van der Waals surface area contributed by atoms with E-state index in [1.807, 2.05) is 0 Å². The van der Waals surface area contributed by atoms with Crippen molar-refractivity contribution in [2.24, 2.45) is 0 Å². The van der Waals surface area contributed by atoms with Crippen LogP contribution >= 0.6 is 39.1 Å². The summed E-state index contributed by atoms with van der Waals surface area (Å²) in [7, 11) is 1.16. The van der Waals surface area contributed by atoms with Gasteiger partial charge < -0.3 is 4.74 Å². The highest BCUT2D eigenvalue weighted by Crippen LogP contribution is 2.11.